The third-order valence-electron chi connectivity index (χ3n) is 1.71. The molecule has 0 unspecified atom stereocenters. The molecular weight excluding hydrogens is 249 g/mol. The molecule has 0 fully saturated rings. The molecule has 0 heterocycles. The van der Waals surface area contributed by atoms with Crippen molar-refractivity contribution in [1.29, 1.82) is 0 Å². The first-order chi connectivity index (χ1) is 5.97. The first kappa shape index (κ1) is 15.1. The second-order valence-corrected chi connectivity index (χ2v) is 4.76. The molecule has 1 aromatic rings. The van der Waals surface area contributed by atoms with Gasteiger partial charge in [-0.1, -0.05) is 12.1 Å². The van der Waals surface area contributed by atoms with E-state index in [0.717, 1.165) is 5.56 Å². The molecule has 0 aliphatic carbocycles. The van der Waals surface area contributed by atoms with Crippen molar-refractivity contribution in [2.45, 2.75) is 18.7 Å². The molecule has 0 bridgehead atoms. The van der Waals surface area contributed by atoms with Crippen LogP contribution < -0.4 is 51.4 Å². The second kappa shape index (κ2) is 5.96. The molecule has 14 heavy (non-hydrogen) atoms. The Bertz CT molecular complexity index is 419. The molecule has 0 amide bonds. The number of sulfonamides is 1. The summed E-state index contributed by atoms with van der Waals surface area (Å²) in [5, 5.41) is 0. The molecule has 0 aliphatic rings. The first-order valence-electron chi connectivity index (χ1n) is 3.63. The van der Waals surface area contributed by atoms with E-state index in [2.05, 4.69) is 4.24 Å². The molecule has 0 atom stereocenters. The van der Waals surface area contributed by atoms with Crippen molar-refractivity contribution in [3.05, 3.63) is 33.6 Å². The van der Waals surface area contributed by atoms with Crippen LogP contribution in [-0.2, 0) is 10.0 Å². The Morgan fingerprint density at radius 3 is 2.36 bits per heavy atom. The summed E-state index contributed by atoms with van der Waals surface area (Å²) in [6, 6.07) is 5.11. The van der Waals surface area contributed by atoms with Crippen LogP contribution in [-0.4, -0.2) is 8.42 Å². The number of benzene rings is 1. The van der Waals surface area contributed by atoms with Crippen molar-refractivity contribution < 1.29 is 59.8 Å². The molecule has 0 radical (unpaired) electrons. The van der Waals surface area contributed by atoms with E-state index in [1.807, 2.05) is 13.0 Å². The Labute approximate surface area is 132 Å². The summed E-state index contributed by atoms with van der Waals surface area (Å²) in [5.41, 5.74) is 1.51. The number of rotatable bonds is 2. The van der Waals surface area contributed by atoms with Crippen LogP contribution in [0.25, 0.3) is 4.24 Å². The minimum absolute atomic E-state index is 0. The molecule has 0 aromatic heterocycles. The SMILES string of the molecule is Cc1ccc(C)c(S(=O)(=O)[N-]Cl)c1.[K+]. The van der Waals surface area contributed by atoms with Crippen molar-refractivity contribution >= 4 is 21.8 Å². The molecule has 72 valence electrons. The van der Waals surface area contributed by atoms with Crippen LogP contribution >= 0.6 is 11.8 Å². The van der Waals surface area contributed by atoms with Gasteiger partial charge in [0.25, 0.3) is 0 Å². The third kappa shape index (κ3) is 3.57. The average molecular weight is 258 g/mol. The number of nitrogens with zero attached hydrogens (tertiary/aromatic N) is 1. The van der Waals surface area contributed by atoms with E-state index in [-0.39, 0.29) is 56.3 Å². The standard InChI is InChI=1S/C8H9ClNO2S.K/c1-6-3-4-7(2)8(5-6)13(11,12)10-9;/h3-5H,1-2H3;/q-1;+1. The molecule has 6 heteroatoms. The Morgan fingerprint density at radius 2 is 1.86 bits per heavy atom. The predicted octanol–water partition coefficient (Wildman–Crippen LogP) is -0.476. The van der Waals surface area contributed by atoms with Crippen LogP contribution in [0, 0.1) is 13.8 Å². The second-order valence-electron chi connectivity index (χ2n) is 2.81. The molecule has 0 saturated carbocycles. The fourth-order valence-electron chi connectivity index (χ4n) is 1.02. The quantitative estimate of drug-likeness (QED) is 0.673. The Balaban J connectivity index is 0.00000169. The Hall–Kier alpha value is 1.06. The minimum atomic E-state index is -3.66. The monoisotopic (exact) mass is 257 g/mol. The average Bonchev–Trinajstić information content (AvgIpc) is 2.09. The largest absolute Gasteiger partial charge is 1.00 e. The summed E-state index contributed by atoms with van der Waals surface area (Å²) < 4.78 is 25.4. The van der Waals surface area contributed by atoms with Gasteiger partial charge in [0.05, 0.1) is 4.90 Å². The summed E-state index contributed by atoms with van der Waals surface area (Å²) in [5.74, 6) is 0. The van der Waals surface area contributed by atoms with E-state index in [9.17, 15) is 8.42 Å². The van der Waals surface area contributed by atoms with Crippen LogP contribution in [0.3, 0.4) is 0 Å². The summed E-state index contributed by atoms with van der Waals surface area (Å²) in [4.78, 5) is 0.169. The van der Waals surface area contributed by atoms with E-state index >= 15 is 0 Å². The smallest absolute Gasteiger partial charge is 0.458 e. The fourth-order valence-corrected chi connectivity index (χ4v) is 2.13. The number of hydrogen-bond acceptors (Lipinski definition) is 2. The van der Waals surface area contributed by atoms with E-state index in [0.29, 0.717) is 5.56 Å². The summed E-state index contributed by atoms with van der Waals surface area (Å²) in [6.45, 7) is 3.51. The van der Waals surface area contributed by atoms with Gasteiger partial charge >= 0.3 is 51.4 Å². The van der Waals surface area contributed by atoms with E-state index in [1.165, 1.54) is 0 Å². The summed E-state index contributed by atoms with van der Waals surface area (Å²) in [6.07, 6.45) is 0. The van der Waals surface area contributed by atoms with Gasteiger partial charge in [0.15, 0.2) is 0 Å². The van der Waals surface area contributed by atoms with Gasteiger partial charge in [-0.15, -0.1) is 0 Å². The van der Waals surface area contributed by atoms with Crippen molar-refractivity contribution in [2.24, 2.45) is 0 Å². The van der Waals surface area contributed by atoms with E-state index < -0.39 is 10.0 Å². The summed E-state index contributed by atoms with van der Waals surface area (Å²) >= 11 is 4.99. The van der Waals surface area contributed by atoms with Gasteiger partial charge in [0.1, 0.15) is 10.0 Å². The van der Waals surface area contributed by atoms with Gasteiger partial charge in [-0.05, 0) is 31.0 Å². The summed E-state index contributed by atoms with van der Waals surface area (Å²) in [7, 11) is -3.66. The zero-order chi connectivity index (χ0) is 10.1. The number of aryl methyl sites for hydroxylation is 2. The predicted molar refractivity (Wildman–Crippen MR) is 52.3 cm³/mol. The normalized spacial score (nSPS) is 10.8. The van der Waals surface area contributed by atoms with Crippen molar-refractivity contribution in [1.82, 2.24) is 0 Å². The van der Waals surface area contributed by atoms with Gasteiger partial charge < -0.3 is 4.24 Å². The zero-order valence-corrected chi connectivity index (χ0v) is 13.0. The maximum Gasteiger partial charge on any atom is 1.00 e. The van der Waals surface area contributed by atoms with Gasteiger partial charge in [-0.3, -0.25) is 11.8 Å². The third-order valence-corrected chi connectivity index (χ3v) is 3.43. The van der Waals surface area contributed by atoms with Crippen molar-refractivity contribution in [2.75, 3.05) is 0 Å². The van der Waals surface area contributed by atoms with Crippen molar-refractivity contribution in [3.8, 4) is 0 Å². The Morgan fingerprint density at radius 1 is 1.29 bits per heavy atom. The molecule has 0 N–H and O–H groups in total. The maximum atomic E-state index is 11.3. The van der Waals surface area contributed by atoms with E-state index in [4.69, 9.17) is 11.8 Å². The molecule has 0 aliphatic heterocycles. The molecule has 0 spiro atoms. The van der Waals surface area contributed by atoms with Gasteiger partial charge in [-0.25, -0.2) is 8.42 Å². The van der Waals surface area contributed by atoms with Gasteiger partial charge in [0, 0.05) is 0 Å². The molecular formula is C8H9ClKNO2S. The first-order valence-corrected chi connectivity index (χ1v) is 5.41. The van der Waals surface area contributed by atoms with Crippen molar-refractivity contribution in [3.63, 3.8) is 0 Å². The maximum absolute atomic E-state index is 11.3. The van der Waals surface area contributed by atoms with Crippen LogP contribution in [0.5, 0.6) is 0 Å². The number of hydrogen-bond donors (Lipinski definition) is 0. The fraction of sp³-hybridized carbons (Fsp3) is 0.250. The van der Waals surface area contributed by atoms with Crippen LogP contribution in [0.1, 0.15) is 11.1 Å². The number of halogens is 1. The van der Waals surface area contributed by atoms with Gasteiger partial charge in [-0.2, -0.15) is 0 Å². The van der Waals surface area contributed by atoms with E-state index in [1.54, 1.807) is 19.1 Å². The van der Waals surface area contributed by atoms with Crippen LogP contribution in [0.15, 0.2) is 23.1 Å². The van der Waals surface area contributed by atoms with Crippen LogP contribution in [0.2, 0.25) is 0 Å². The molecule has 3 nitrogen and oxygen atoms in total. The zero-order valence-electron chi connectivity index (χ0n) is 8.28. The molecule has 0 saturated heterocycles. The molecule has 1 rings (SSSR count). The van der Waals surface area contributed by atoms with Gasteiger partial charge in [0.2, 0.25) is 0 Å². The van der Waals surface area contributed by atoms with Crippen LogP contribution in [0.4, 0.5) is 0 Å². The minimum Gasteiger partial charge on any atom is -0.458 e. The topological polar surface area (TPSA) is 48.2 Å². The molecule has 1 aromatic carbocycles. The Kier molecular flexibility index (Phi) is 6.41.